The van der Waals surface area contributed by atoms with Crippen LogP contribution in [0.2, 0.25) is 0 Å². The molecule has 1 aromatic rings. The number of carboxylic acids is 1. The zero-order valence-corrected chi connectivity index (χ0v) is 11.2. The van der Waals surface area contributed by atoms with E-state index in [2.05, 4.69) is 11.8 Å². The van der Waals surface area contributed by atoms with Gasteiger partial charge in [-0.15, -0.1) is 0 Å². The van der Waals surface area contributed by atoms with Crippen molar-refractivity contribution >= 4 is 5.97 Å². The molecule has 1 saturated heterocycles. The summed E-state index contributed by atoms with van der Waals surface area (Å²) in [6.45, 7) is 4.64. The van der Waals surface area contributed by atoms with E-state index in [0.717, 1.165) is 31.8 Å². The smallest absolute Gasteiger partial charge is 0.338 e. The number of benzene rings is 1. The number of aromatic carboxylic acids is 1. The summed E-state index contributed by atoms with van der Waals surface area (Å²) in [5.41, 5.74) is 0.246. The first-order valence-corrected chi connectivity index (χ1v) is 6.84. The van der Waals surface area contributed by atoms with Crippen LogP contribution in [0.1, 0.15) is 42.1 Å². The zero-order valence-electron chi connectivity index (χ0n) is 11.2. The molecular weight excluding hydrogens is 245 g/mol. The molecule has 4 heteroatoms. The molecule has 0 bridgehead atoms. The van der Waals surface area contributed by atoms with Gasteiger partial charge in [-0.2, -0.15) is 0 Å². The van der Waals surface area contributed by atoms with Gasteiger partial charge in [0.1, 0.15) is 5.82 Å². The molecule has 1 N–H and O–H groups in total. The van der Waals surface area contributed by atoms with E-state index in [9.17, 15) is 9.18 Å². The van der Waals surface area contributed by atoms with Gasteiger partial charge in [0.05, 0.1) is 5.56 Å². The second-order valence-corrected chi connectivity index (χ2v) is 5.21. The first kappa shape index (κ1) is 14.0. The van der Waals surface area contributed by atoms with Crippen molar-refractivity contribution in [2.75, 3.05) is 13.1 Å². The molecule has 3 nitrogen and oxygen atoms in total. The molecule has 0 amide bonds. The fourth-order valence-corrected chi connectivity index (χ4v) is 2.66. The lowest BCUT2D eigenvalue weighted by Gasteiger charge is -2.31. The van der Waals surface area contributed by atoms with Crippen LogP contribution >= 0.6 is 0 Å². The number of rotatable bonds is 4. The van der Waals surface area contributed by atoms with Crippen LogP contribution in [0, 0.1) is 11.7 Å². The highest BCUT2D eigenvalue weighted by Crippen LogP contribution is 2.22. The third-order valence-electron chi connectivity index (χ3n) is 3.99. The van der Waals surface area contributed by atoms with Crippen LogP contribution in [0.15, 0.2) is 18.2 Å². The summed E-state index contributed by atoms with van der Waals surface area (Å²) in [6.07, 6.45) is 3.50. The van der Waals surface area contributed by atoms with E-state index in [4.69, 9.17) is 5.11 Å². The minimum atomic E-state index is -1.20. The Morgan fingerprint density at radius 2 is 2.11 bits per heavy atom. The van der Waals surface area contributed by atoms with Gasteiger partial charge in [0, 0.05) is 12.1 Å². The van der Waals surface area contributed by atoms with Crippen molar-refractivity contribution in [2.24, 2.45) is 5.92 Å². The largest absolute Gasteiger partial charge is 0.478 e. The van der Waals surface area contributed by atoms with E-state index >= 15 is 0 Å². The van der Waals surface area contributed by atoms with Crippen molar-refractivity contribution in [1.29, 1.82) is 0 Å². The Labute approximate surface area is 113 Å². The molecule has 0 atom stereocenters. The quantitative estimate of drug-likeness (QED) is 0.909. The fourth-order valence-electron chi connectivity index (χ4n) is 2.66. The summed E-state index contributed by atoms with van der Waals surface area (Å²) in [4.78, 5) is 13.1. The molecule has 0 unspecified atom stereocenters. The van der Waals surface area contributed by atoms with Crippen molar-refractivity contribution < 1.29 is 14.3 Å². The first-order valence-electron chi connectivity index (χ1n) is 6.84. The van der Waals surface area contributed by atoms with Gasteiger partial charge in [-0.3, -0.25) is 4.90 Å². The molecule has 1 fully saturated rings. The maximum atomic E-state index is 14.0. The molecule has 104 valence electrons. The van der Waals surface area contributed by atoms with Crippen molar-refractivity contribution in [1.82, 2.24) is 4.90 Å². The summed E-state index contributed by atoms with van der Waals surface area (Å²) in [5.74, 6) is -1.01. The van der Waals surface area contributed by atoms with Gasteiger partial charge >= 0.3 is 5.97 Å². The van der Waals surface area contributed by atoms with Gasteiger partial charge in [0.2, 0.25) is 0 Å². The van der Waals surface area contributed by atoms with E-state index < -0.39 is 11.8 Å². The van der Waals surface area contributed by atoms with Crippen LogP contribution in [0.4, 0.5) is 4.39 Å². The van der Waals surface area contributed by atoms with Crippen LogP contribution in [0.3, 0.4) is 0 Å². The van der Waals surface area contributed by atoms with Gasteiger partial charge in [-0.25, -0.2) is 9.18 Å². The summed E-state index contributed by atoms with van der Waals surface area (Å²) < 4.78 is 14.0. The molecule has 1 aliphatic rings. The van der Waals surface area contributed by atoms with Gasteiger partial charge in [0.25, 0.3) is 0 Å². The van der Waals surface area contributed by atoms with Crippen LogP contribution in [-0.2, 0) is 6.54 Å². The number of carboxylic acid groups (broad SMARTS) is 1. The average molecular weight is 265 g/mol. The topological polar surface area (TPSA) is 40.5 Å². The van der Waals surface area contributed by atoms with Crippen molar-refractivity contribution in [2.45, 2.75) is 32.7 Å². The van der Waals surface area contributed by atoms with Gasteiger partial charge < -0.3 is 5.11 Å². The Morgan fingerprint density at radius 3 is 2.68 bits per heavy atom. The normalized spacial score (nSPS) is 17.6. The Kier molecular flexibility index (Phi) is 4.53. The predicted octanol–water partition coefficient (Wildman–Crippen LogP) is 3.15. The number of piperidine rings is 1. The highest BCUT2D eigenvalue weighted by Gasteiger charge is 2.20. The summed E-state index contributed by atoms with van der Waals surface area (Å²) in [5, 5.41) is 8.91. The molecule has 0 aromatic heterocycles. The third-order valence-corrected chi connectivity index (χ3v) is 3.99. The highest BCUT2D eigenvalue weighted by molar-refractivity contribution is 5.88. The minimum Gasteiger partial charge on any atom is -0.478 e. The van der Waals surface area contributed by atoms with E-state index in [1.807, 2.05) is 0 Å². The maximum absolute atomic E-state index is 14.0. The maximum Gasteiger partial charge on any atom is 0.338 e. The number of hydrogen-bond acceptors (Lipinski definition) is 2. The lowest BCUT2D eigenvalue weighted by molar-refractivity contribution is 0.0691. The Balaban J connectivity index is 2.04. The Morgan fingerprint density at radius 1 is 1.42 bits per heavy atom. The molecule has 0 aliphatic carbocycles. The number of halogens is 1. The number of carbonyl (C=O) groups is 1. The van der Waals surface area contributed by atoms with Crippen LogP contribution in [0.5, 0.6) is 0 Å². The lowest BCUT2D eigenvalue weighted by Crippen LogP contribution is -2.33. The van der Waals surface area contributed by atoms with Gasteiger partial charge in [0.15, 0.2) is 0 Å². The number of likely N-dealkylation sites (tertiary alicyclic amines) is 1. The molecule has 0 saturated carbocycles. The van der Waals surface area contributed by atoms with Crippen molar-refractivity contribution in [3.8, 4) is 0 Å². The summed E-state index contributed by atoms with van der Waals surface area (Å²) in [6, 6.07) is 4.60. The van der Waals surface area contributed by atoms with E-state index in [-0.39, 0.29) is 5.56 Å². The molecule has 19 heavy (non-hydrogen) atoms. The second kappa shape index (κ2) is 6.15. The summed E-state index contributed by atoms with van der Waals surface area (Å²) in [7, 11) is 0. The van der Waals surface area contributed by atoms with Gasteiger partial charge in [-0.1, -0.05) is 25.5 Å². The third kappa shape index (κ3) is 3.32. The Bertz CT molecular complexity index is 453. The van der Waals surface area contributed by atoms with Crippen LogP contribution in [0.25, 0.3) is 0 Å². The number of nitrogens with zero attached hydrogens (tertiary/aromatic N) is 1. The van der Waals surface area contributed by atoms with Crippen molar-refractivity contribution in [3.05, 3.63) is 35.1 Å². The summed E-state index contributed by atoms with van der Waals surface area (Å²) >= 11 is 0. The monoisotopic (exact) mass is 265 g/mol. The Hall–Kier alpha value is -1.42. The van der Waals surface area contributed by atoms with Crippen LogP contribution < -0.4 is 0 Å². The fraction of sp³-hybridized carbons (Fsp3) is 0.533. The highest BCUT2D eigenvalue weighted by atomic mass is 19.1. The molecule has 1 aliphatic heterocycles. The predicted molar refractivity (Wildman–Crippen MR) is 71.7 cm³/mol. The van der Waals surface area contributed by atoms with Crippen molar-refractivity contribution in [3.63, 3.8) is 0 Å². The molecule has 1 aromatic carbocycles. The first-order chi connectivity index (χ1) is 9.11. The van der Waals surface area contributed by atoms with Crippen LogP contribution in [-0.4, -0.2) is 29.1 Å². The molecule has 2 rings (SSSR count). The van der Waals surface area contributed by atoms with E-state index in [0.29, 0.717) is 12.1 Å². The second-order valence-electron chi connectivity index (χ2n) is 5.21. The molecule has 1 heterocycles. The van der Waals surface area contributed by atoms with E-state index in [1.165, 1.54) is 12.5 Å². The standard InChI is InChI=1S/C15H20FNO2/c1-2-11-6-8-17(9-7-11)10-12-4-3-5-13(14(12)16)15(18)19/h3-5,11H,2,6-10H2,1H3,(H,18,19). The molecule has 0 spiro atoms. The van der Waals surface area contributed by atoms with Gasteiger partial charge in [-0.05, 0) is 37.9 Å². The number of hydrogen-bond donors (Lipinski definition) is 1. The average Bonchev–Trinajstić information content (AvgIpc) is 2.41. The molecule has 0 radical (unpaired) electrons. The SMILES string of the molecule is CCC1CCN(Cc2cccc(C(=O)O)c2F)CC1. The molecular formula is C15H20FNO2. The lowest BCUT2D eigenvalue weighted by atomic mass is 9.94. The minimum absolute atomic E-state index is 0.235. The zero-order chi connectivity index (χ0) is 13.8. The van der Waals surface area contributed by atoms with E-state index in [1.54, 1.807) is 12.1 Å².